The summed E-state index contributed by atoms with van der Waals surface area (Å²) in [5.41, 5.74) is 5.27. The fourth-order valence-corrected chi connectivity index (χ4v) is 3.79. The number of likely N-dealkylation sites (N-methyl/N-ethyl adjacent to an activating group) is 1. The van der Waals surface area contributed by atoms with Crippen molar-refractivity contribution in [1.82, 2.24) is 9.88 Å². The SMILES string of the molecule is Cc1ccc(C(=O)N(CCN(C)C)c2nc3cc(C)c(C)cc3s2)cc1.Cl. The smallest absolute Gasteiger partial charge is 0.260 e. The highest BCUT2D eigenvalue weighted by atomic mass is 35.5. The van der Waals surface area contributed by atoms with E-state index in [1.54, 1.807) is 16.2 Å². The van der Waals surface area contributed by atoms with Crippen molar-refractivity contribution in [1.29, 1.82) is 0 Å². The second-order valence-electron chi connectivity index (χ2n) is 7.03. The Morgan fingerprint density at radius 1 is 1.00 bits per heavy atom. The van der Waals surface area contributed by atoms with Crippen molar-refractivity contribution in [3.05, 3.63) is 58.7 Å². The molecule has 1 heterocycles. The monoisotopic (exact) mass is 403 g/mol. The summed E-state index contributed by atoms with van der Waals surface area (Å²) in [4.78, 5) is 21.8. The first-order valence-electron chi connectivity index (χ1n) is 8.76. The molecule has 3 aromatic rings. The second-order valence-corrected chi connectivity index (χ2v) is 8.04. The number of carbonyl (C=O) groups is 1. The Morgan fingerprint density at radius 3 is 2.26 bits per heavy atom. The summed E-state index contributed by atoms with van der Waals surface area (Å²) in [7, 11) is 4.03. The van der Waals surface area contributed by atoms with E-state index in [9.17, 15) is 4.79 Å². The van der Waals surface area contributed by atoms with Crippen molar-refractivity contribution in [3.63, 3.8) is 0 Å². The van der Waals surface area contributed by atoms with Crippen LogP contribution in [0.2, 0.25) is 0 Å². The zero-order valence-corrected chi connectivity index (χ0v) is 18.1. The molecule has 0 aliphatic heterocycles. The number of carbonyl (C=O) groups excluding carboxylic acids is 1. The number of nitrogens with zero attached hydrogens (tertiary/aromatic N) is 3. The standard InChI is InChI=1S/C21H25N3OS.ClH/c1-14-6-8-17(9-7-14)20(25)24(11-10-23(4)5)21-22-18-12-15(2)16(3)13-19(18)26-21;/h6-9,12-13H,10-11H2,1-5H3;1H. The Morgan fingerprint density at radius 2 is 1.63 bits per heavy atom. The molecule has 0 unspecified atom stereocenters. The first kappa shape index (κ1) is 21.4. The summed E-state index contributed by atoms with van der Waals surface area (Å²) in [5.74, 6) is -0.000602. The van der Waals surface area contributed by atoms with Gasteiger partial charge in [-0.25, -0.2) is 4.98 Å². The number of halogens is 1. The Bertz CT molecular complexity index is 895. The van der Waals surface area contributed by atoms with E-state index in [4.69, 9.17) is 4.98 Å². The summed E-state index contributed by atoms with van der Waals surface area (Å²) >= 11 is 1.58. The fourth-order valence-electron chi connectivity index (χ4n) is 2.72. The highest BCUT2D eigenvalue weighted by Gasteiger charge is 2.21. The number of aromatic nitrogens is 1. The number of fused-ring (bicyclic) bond motifs is 1. The van der Waals surface area contributed by atoms with Crippen LogP contribution in [0.25, 0.3) is 10.2 Å². The molecule has 3 rings (SSSR count). The number of hydrogen-bond donors (Lipinski definition) is 0. The van der Waals surface area contributed by atoms with E-state index in [0.29, 0.717) is 12.1 Å². The molecule has 0 radical (unpaired) electrons. The Kier molecular flexibility index (Phi) is 6.98. The minimum atomic E-state index is -0.000602. The number of hydrogen-bond acceptors (Lipinski definition) is 4. The molecule has 0 atom stereocenters. The molecule has 144 valence electrons. The molecule has 6 heteroatoms. The quantitative estimate of drug-likeness (QED) is 0.610. The molecule has 0 saturated carbocycles. The van der Waals surface area contributed by atoms with Gasteiger partial charge in [-0.05, 0) is 70.3 Å². The van der Waals surface area contributed by atoms with Crippen LogP contribution in [-0.4, -0.2) is 43.0 Å². The number of anilines is 1. The molecule has 0 saturated heterocycles. The van der Waals surface area contributed by atoms with Crippen molar-refractivity contribution in [3.8, 4) is 0 Å². The van der Waals surface area contributed by atoms with Gasteiger partial charge in [0, 0.05) is 18.7 Å². The van der Waals surface area contributed by atoms with Gasteiger partial charge in [0.05, 0.1) is 10.2 Å². The van der Waals surface area contributed by atoms with Crippen LogP contribution in [0.15, 0.2) is 36.4 Å². The Hall–Kier alpha value is -1.95. The van der Waals surface area contributed by atoms with Crippen LogP contribution < -0.4 is 4.90 Å². The van der Waals surface area contributed by atoms with E-state index >= 15 is 0 Å². The average molecular weight is 404 g/mol. The lowest BCUT2D eigenvalue weighted by Gasteiger charge is -2.22. The summed E-state index contributed by atoms with van der Waals surface area (Å²) in [6.45, 7) is 7.61. The third-order valence-electron chi connectivity index (χ3n) is 4.54. The summed E-state index contributed by atoms with van der Waals surface area (Å²) in [6.07, 6.45) is 0. The summed E-state index contributed by atoms with van der Waals surface area (Å²) in [5, 5.41) is 0.762. The van der Waals surface area contributed by atoms with Crippen LogP contribution in [-0.2, 0) is 0 Å². The highest BCUT2D eigenvalue weighted by molar-refractivity contribution is 7.22. The van der Waals surface area contributed by atoms with E-state index in [1.165, 1.54) is 11.1 Å². The van der Waals surface area contributed by atoms with Crippen molar-refractivity contribution in [2.45, 2.75) is 20.8 Å². The van der Waals surface area contributed by atoms with Gasteiger partial charge < -0.3 is 4.90 Å². The number of rotatable bonds is 5. The van der Waals surface area contributed by atoms with Gasteiger partial charge >= 0.3 is 0 Å². The zero-order chi connectivity index (χ0) is 18.8. The predicted octanol–water partition coefficient (Wildman–Crippen LogP) is 4.85. The molecule has 4 nitrogen and oxygen atoms in total. The molecule has 27 heavy (non-hydrogen) atoms. The first-order chi connectivity index (χ1) is 12.3. The van der Waals surface area contributed by atoms with Gasteiger partial charge in [-0.1, -0.05) is 29.0 Å². The lowest BCUT2D eigenvalue weighted by molar-refractivity contribution is 0.0985. The van der Waals surface area contributed by atoms with Crippen molar-refractivity contribution in [2.24, 2.45) is 0 Å². The zero-order valence-electron chi connectivity index (χ0n) is 16.4. The molecule has 0 aliphatic carbocycles. The number of aryl methyl sites for hydroxylation is 3. The molecular formula is C21H26ClN3OS. The van der Waals surface area contributed by atoms with Crippen LogP contribution in [0, 0.1) is 20.8 Å². The van der Waals surface area contributed by atoms with Gasteiger partial charge in [0.15, 0.2) is 5.13 Å². The van der Waals surface area contributed by atoms with Crippen LogP contribution in [0.5, 0.6) is 0 Å². The molecule has 0 spiro atoms. The number of amides is 1. The van der Waals surface area contributed by atoms with Crippen molar-refractivity contribution in [2.75, 3.05) is 32.1 Å². The maximum Gasteiger partial charge on any atom is 0.260 e. The van der Waals surface area contributed by atoms with Crippen LogP contribution in [0.4, 0.5) is 5.13 Å². The van der Waals surface area contributed by atoms with E-state index in [2.05, 4.69) is 30.9 Å². The van der Waals surface area contributed by atoms with Crippen molar-refractivity contribution < 1.29 is 4.79 Å². The highest BCUT2D eigenvalue weighted by Crippen LogP contribution is 2.31. The topological polar surface area (TPSA) is 36.4 Å². The molecule has 0 bridgehead atoms. The van der Waals surface area contributed by atoms with Gasteiger partial charge in [0.1, 0.15) is 0 Å². The molecule has 0 aliphatic rings. The molecule has 1 aromatic heterocycles. The largest absolute Gasteiger partial charge is 0.308 e. The molecule has 0 fully saturated rings. The molecular weight excluding hydrogens is 378 g/mol. The van der Waals surface area contributed by atoms with Gasteiger partial charge in [-0.3, -0.25) is 9.69 Å². The maximum atomic E-state index is 13.2. The second kappa shape index (κ2) is 8.83. The Balaban J connectivity index is 0.00000261. The van der Waals surface area contributed by atoms with E-state index in [1.807, 2.05) is 45.3 Å². The van der Waals surface area contributed by atoms with Gasteiger partial charge in [-0.15, -0.1) is 12.4 Å². The van der Waals surface area contributed by atoms with E-state index in [0.717, 1.165) is 27.5 Å². The Labute approximate surface area is 171 Å². The van der Waals surface area contributed by atoms with Crippen LogP contribution in [0.3, 0.4) is 0 Å². The van der Waals surface area contributed by atoms with E-state index < -0.39 is 0 Å². The molecule has 2 aromatic carbocycles. The third-order valence-corrected chi connectivity index (χ3v) is 5.58. The summed E-state index contributed by atoms with van der Waals surface area (Å²) < 4.78 is 1.12. The normalized spacial score (nSPS) is 10.9. The first-order valence-corrected chi connectivity index (χ1v) is 9.58. The summed E-state index contributed by atoms with van der Waals surface area (Å²) in [6, 6.07) is 12.0. The number of thiazole rings is 1. The molecule has 0 N–H and O–H groups in total. The average Bonchev–Trinajstić information content (AvgIpc) is 2.98. The third kappa shape index (κ3) is 4.86. The maximum absolute atomic E-state index is 13.2. The van der Waals surface area contributed by atoms with Crippen molar-refractivity contribution >= 4 is 45.0 Å². The van der Waals surface area contributed by atoms with E-state index in [-0.39, 0.29) is 18.3 Å². The lowest BCUT2D eigenvalue weighted by atomic mass is 10.1. The van der Waals surface area contributed by atoms with Crippen LogP contribution >= 0.6 is 23.7 Å². The van der Waals surface area contributed by atoms with Gasteiger partial charge in [0.2, 0.25) is 0 Å². The van der Waals surface area contributed by atoms with Gasteiger partial charge in [-0.2, -0.15) is 0 Å². The molecule has 1 amide bonds. The lowest BCUT2D eigenvalue weighted by Crippen LogP contribution is -2.36. The van der Waals surface area contributed by atoms with Crippen LogP contribution in [0.1, 0.15) is 27.0 Å². The minimum Gasteiger partial charge on any atom is -0.308 e. The van der Waals surface area contributed by atoms with Gasteiger partial charge in [0.25, 0.3) is 5.91 Å². The minimum absolute atomic E-state index is 0. The fraction of sp³-hybridized carbons (Fsp3) is 0.333. The number of benzene rings is 2. The predicted molar refractivity (Wildman–Crippen MR) is 118 cm³/mol.